The molecule has 0 aliphatic heterocycles. The van der Waals surface area contributed by atoms with E-state index in [1.165, 1.54) is 18.6 Å². The van der Waals surface area contributed by atoms with Crippen LogP contribution in [0.5, 0.6) is 5.75 Å². The van der Waals surface area contributed by atoms with E-state index in [1.807, 2.05) is 0 Å². The van der Waals surface area contributed by atoms with E-state index in [9.17, 15) is 14.6 Å². The van der Waals surface area contributed by atoms with Crippen LogP contribution in [0.4, 0.5) is 4.39 Å². The van der Waals surface area contributed by atoms with Gasteiger partial charge in [0.05, 0.1) is 5.60 Å². The first-order chi connectivity index (χ1) is 7.59. The van der Waals surface area contributed by atoms with Crippen molar-refractivity contribution in [3.8, 4) is 5.75 Å². The van der Waals surface area contributed by atoms with Gasteiger partial charge in [0.2, 0.25) is 0 Å². The van der Waals surface area contributed by atoms with Gasteiger partial charge in [-0.15, -0.1) is 0 Å². The van der Waals surface area contributed by atoms with Crippen molar-refractivity contribution in [2.45, 2.75) is 31.3 Å². The number of benzene rings is 1. The number of hydrogen-bond donors (Lipinski definition) is 2. The standard InChI is InChI=1S/C13H15FO2/c14-10-5-9(6-11(15)7-10)13(16)3-1-2-8-4-12(8)13/h5-8,12,15-16H,1-4H2. The van der Waals surface area contributed by atoms with Crippen LogP contribution < -0.4 is 0 Å². The molecule has 3 atom stereocenters. The first-order valence-electron chi connectivity index (χ1n) is 5.82. The Kier molecular flexibility index (Phi) is 2.02. The highest BCUT2D eigenvalue weighted by atomic mass is 19.1. The minimum absolute atomic E-state index is 0.105. The third-order valence-corrected chi connectivity index (χ3v) is 4.05. The van der Waals surface area contributed by atoms with E-state index >= 15 is 0 Å². The van der Waals surface area contributed by atoms with Gasteiger partial charge < -0.3 is 10.2 Å². The molecule has 3 rings (SSSR count). The molecule has 0 heterocycles. The number of aromatic hydroxyl groups is 1. The van der Waals surface area contributed by atoms with Crippen LogP contribution in [0.3, 0.4) is 0 Å². The van der Waals surface area contributed by atoms with Crippen LogP contribution in [-0.2, 0) is 5.60 Å². The summed E-state index contributed by atoms with van der Waals surface area (Å²) >= 11 is 0. The molecule has 3 heteroatoms. The van der Waals surface area contributed by atoms with Gasteiger partial charge in [0, 0.05) is 6.07 Å². The van der Waals surface area contributed by atoms with Crippen LogP contribution in [0.25, 0.3) is 0 Å². The molecule has 2 aliphatic rings. The smallest absolute Gasteiger partial charge is 0.127 e. The molecule has 0 bridgehead atoms. The number of phenolic OH excluding ortho intramolecular Hbond substituents is 1. The van der Waals surface area contributed by atoms with Gasteiger partial charge in [-0.2, -0.15) is 0 Å². The zero-order chi connectivity index (χ0) is 11.3. The molecule has 2 aliphatic carbocycles. The monoisotopic (exact) mass is 222 g/mol. The largest absolute Gasteiger partial charge is 0.508 e. The molecule has 3 unspecified atom stereocenters. The van der Waals surface area contributed by atoms with E-state index in [2.05, 4.69) is 0 Å². The fourth-order valence-electron chi connectivity index (χ4n) is 3.15. The van der Waals surface area contributed by atoms with Gasteiger partial charge in [-0.3, -0.25) is 0 Å². The van der Waals surface area contributed by atoms with Crippen LogP contribution in [-0.4, -0.2) is 10.2 Å². The first kappa shape index (κ1) is 10.1. The summed E-state index contributed by atoms with van der Waals surface area (Å²) < 4.78 is 13.2. The van der Waals surface area contributed by atoms with Crippen LogP contribution in [0.2, 0.25) is 0 Å². The second-order valence-electron chi connectivity index (χ2n) is 5.12. The molecule has 16 heavy (non-hydrogen) atoms. The Morgan fingerprint density at radius 3 is 2.88 bits per heavy atom. The maximum Gasteiger partial charge on any atom is 0.127 e. The number of rotatable bonds is 1. The lowest BCUT2D eigenvalue weighted by Gasteiger charge is -2.32. The minimum Gasteiger partial charge on any atom is -0.508 e. The van der Waals surface area contributed by atoms with Crippen molar-refractivity contribution in [1.29, 1.82) is 0 Å². The molecule has 2 N–H and O–H groups in total. The SMILES string of the molecule is Oc1cc(F)cc(C2(O)CCCC3CC32)c1. The first-order valence-corrected chi connectivity index (χ1v) is 5.82. The van der Waals surface area contributed by atoms with Crippen LogP contribution >= 0.6 is 0 Å². The number of hydrogen-bond acceptors (Lipinski definition) is 2. The molecule has 1 aromatic rings. The summed E-state index contributed by atoms with van der Waals surface area (Å²) in [5.41, 5.74) is -0.375. The van der Waals surface area contributed by atoms with E-state index in [-0.39, 0.29) is 11.7 Å². The maximum atomic E-state index is 13.2. The zero-order valence-electron chi connectivity index (χ0n) is 8.99. The number of aliphatic hydroxyl groups is 1. The molecule has 0 radical (unpaired) electrons. The summed E-state index contributed by atoms with van der Waals surface area (Å²) in [7, 11) is 0. The Labute approximate surface area is 93.7 Å². The lowest BCUT2D eigenvalue weighted by atomic mass is 9.79. The number of phenols is 1. The van der Waals surface area contributed by atoms with Crippen molar-refractivity contribution in [2.24, 2.45) is 11.8 Å². The molecule has 0 aromatic heterocycles. The Bertz CT molecular complexity index is 412. The van der Waals surface area contributed by atoms with Gasteiger partial charge in [0.15, 0.2) is 0 Å². The Balaban J connectivity index is 2.01. The van der Waals surface area contributed by atoms with Crippen molar-refractivity contribution < 1.29 is 14.6 Å². The molecule has 0 spiro atoms. The Hall–Kier alpha value is -1.09. The van der Waals surface area contributed by atoms with E-state index in [4.69, 9.17) is 0 Å². The summed E-state index contributed by atoms with van der Waals surface area (Å²) in [5.74, 6) is 0.281. The second kappa shape index (κ2) is 3.20. The molecule has 2 fully saturated rings. The molecule has 0 saturated heterocycles. The average molecular weight is 222 g/mol. The molecule has 2 saturated carbocycles. The Morgan fingerprint density at radius 1 is 1.31 bits per heavy atom. The van der Waals surface area contributed by atoms with Gasteiger partial charge in [0.1, 0.15) is 11.6 Å². The predicted molar refractivity (Wildman–Crippen MR) is 57.4 cm³/mol. The normalized spacial score (nSPS) is 36.9. The predicted octanol–water partition coefficient (Wildman–Crippen LogP) is 2.54. The second-order valence-corrected chi connectivity index (χ2v) is 5.12. The minimum atomic E-state index is -0.914. The molecule has 2 nitrogen and oxygen atoms in total. The molecular formula is C13H15FO2. The van der Waals surface area contributed by atoms with Gasteiger partial charge in [-0.1, -0.05) is 0 Å². The molecule has 0 amide bonds. The summed E-state index contributed by atoms with van der Waals surface area (Å²) in [6.45, 7) is 0. The summed E-state index contributed by atoms with van der Waals surface area (Å²) in [5, 5.41) is 20.0. The summed E-state index contributed by atoms with van der Waals surface area (Å²) in [6, 6.07) is 3.91. The van der Waals surface area contributed by atoms with Crippen LogP contribution in [0.15, 0.2) is 18.2 Å². The van der Waals surface area contributed by atoms with E-state index in [1.54, 1.807) is 0 Å². The van der Waals surface area contributed by atoms with Crippen molar-refractivity contribution in [3.63, 3.8) is 0 Å². The lowest BCUT2D eigenvalue weighted by molar-refractivity contribution is -0.0164. The highest BCUT2D eigenvalue weighted by molar-refractivity contribution is 5.34. The van der Waals surface area contributed by atoms with Crippen LogP contribution in [0, 0.1) is 17.7 Å². The van der Waals surface area contributed by atoms with Crippen molar-refractivity contribution in [3.05, 3.63) is 29.6 Å². The highest BCUT2D eigenvalue weighted by Gasteiger charge is 2.54. The van der Waals surface area contributed by atoms with Crippen molar-refractivity contribution in [2.75, 3.05) is 0 Å². The third-order valence-electron chi connectivity index (χ3n) is 4.05. The summed E-state index contributed by atoms with van der Waals surface area (Å²) in [4.78, 5) is 0. The molecule has 1 aromatic carbocycles. The fourth-order valence-corrected chi connectivity index (χ4v) is 3.15. The average Bonchev–Trinajstić information content (AvgIpc) is 2.97. The van der Waals surface area contributed by atoms with Crippen molar-refractivity contribution in [1.82, 2.24) is 0 Å². The maximum absolute atomic E-state index is 13.2. The van der Waals surface area contributed by atoms with Gasteiger partial charge in [0.25, 0.3) is 0 Å². The quantitative estimate of drug-likeness (QED) is 0.766. The van der Waals surface area contributed by atoms with Crippen LogP contribution in [0.1, 0.15) is 31.2 Å². The number of halogens is 1. The molecular weight excluding hydrogens is 207 g/mol. The van der Waals surface area contributed by atoms with Gasteiger partial charge in [-0.25, -0.2) is 4.39 Å². The zero-order valence-corrected chi connectivity index (χ0v) is 8.99. The van der Waals surface area contributed by atoms with E-state index in [0.717, 1.165) is 18.9 Å². The third kappa shape index (κ3) is 1.42. The fraction of sp³-hybridized carbons (Fsp3) is 0.538. The van der Waals surface area contributed by atoms with E-state index in [0.29, 0.717) is 17.9 Å². The Morgan fingerprint density at radius 2 is 2.12 bits per heavy atom. The lowest BCUT2D eigenvalue weighted by Crippen LogP contribution is -2.31. The number of fused-ring (bicyclic) bond motifs is 1. The highest BCUT2D eigenvalue weighted by Crippen LogP contribution is 2.59. The molecule has 86 valence electrons. The van der Waals surface area contributed by atoms with Gasteiger partial charge in [-0.05, 0) is 55.2 Å². The van der Waals surface area contributed by atoms with Crippen molar-refractivity contribution >= 4 is 0 Å². The summed E-state index contributed by atoms with van der Waals surface area (Å²) in [6.07, 6.45) is 3.87. The van der Waals surface area contributed by atoms with Gasteiger partial charge >= 0.3 is 0 Å². The van der Waals surface area contributed by atoms with E-state index < -0.39 is 11.4 Å². The topological polar surface area (TPSA) is 40.5 Å².